The molecule has 6 rings (SSSR count). The Morgan fingerprint density at radius 2 is 0.400 bits per heavy atom. The fourth-order valence-corrected chi connectivity index (χ4v) is 7.55. The van der Waals surface area contributed by atoms with E-state index in [0.29, 0.717) is 0 Å². The maximum Gasteiger partial charge on any atom is 0.160 e. The first-order valence-electron chi connectivity index (χ1n) is 19.5. The Kier molecular flexibility index (Phi) is 51.3. The quantitative estimate of drug-likeness (QED) is 0.151. The van der Waals surface area contributed by atoms with Crippen LogP contribution in [0.4, 0.5) is 0 Å². The maximum atomic E-state index is 2.27. The van der Waals surface area contributed by atoms with Crippen LogP contribution in [-0.4, -0.2) is 12.5 Å². The van der Waals surface area contributed by atoms with Gasteiger partial charge in [-0.25, -0.2) is 0 Å². The average Bonchev–Trinajstić information content (AvgIpc) is 3.29. The second-order valence-electron chi connectivity index (χ2n) is 9.00. The summed E-state index contributed by atoms with van der Waals surface area (Å²) in [6.07, 6.45) is 4.54. The molecule has 0 aliphatic rings. The summed E-state index contributed by atoms with van der Waals surface area (Å²) >= 11 is 1.79. The first-order chi connectivity index (χ1) is 26.2. The largest absolute Gasteiger partial charge is 0.160 e. The molecular weight excluding hydrogens is 721 g/mol. The summed E-state index contributed by atoms with van der Waals surface area (Å²) in [6.45, 7) is 24.0. The zero-order valence-corrected chi connectivity index (χ0v) is 38.0. The molecule has 0 amide bonds. The molecule has 0 nitrogen and oxygen atoms in total. The second-order valence-corrected chi connectivity index (χ2v) is 14.1. The Labute approximate surface area is 353 Å². The maximum absolute atomic E-state index is 2.27. The van der Waals surface area contributed by atoms with Gasteiger partial charge in [0, 0.05) is 9.79 Å². The summed E-state index contributed by atoms with van der Waals surface area (Å²) in [6, 6.07) is 63.4. The van der Waals surface area contributed by atoms with Crippen molar-refractivity contribution in [1.82, 2.24) is 0 Å². The van der Waals surface area contributed by atoms with Crippen LogP contribution in [0, 0.1) is 0 Å². The van der Waals surface area contributed by atoms with E-state index < -0.39 is 0 Å². The second kappa shape index (κ2) is 46.5. The summed E-state index contributed by atoms with van der Waals surface area (Å²) in [7, 11) is 0.406. The van der Waals surface area contributed by atoms with Crippen LogP contribution in [0.3, 0.4) is 0 Å². The van der Waals surface area contributed by atoms with Gasteiger partial charge in [0.25, 0.3) is 0 Å². The zero-order valence-electron chi connectivity index (χ0n) is 35.5. The van der Waals surface area contributed by atoms with E-state index in [2.05, 4.69) is 182 Å². The fraction of sp³-hybridized carbons (Fsp3) is 0.308. The van der Waals surface area contributed by atoms with E-state index in [1.54, 1.807) is 11.8 Å². The first kappa shape index (κ1) is 60.6. The molecule has 0 radical (unpaired) electrons. The lowest BCUT2D eigenvalue weighted by Crippen LogP contribution is -1.99. The lowest BCUT2D eigenvalue weighted by molar-refractivity contribution is 1.38. The zero-order chi connectivity index (χ0) is 40.5. The number of rotatable bonds is 6. The van der Waals surface area contributed by atoms with Crippen molar-refractivity contribution in [1.29, 1.82) is 0 Å². The molecule has 0 fully saturated rings. The number of benzene rings is 6. The highest BCUT2D eigenvalue weighted by Crippen LogP contribution is 2.26. The van der Waals surface area contributed by atoms with Crippen molar-refractivity contribution in [3.63, 3.8) is 0 Å². The van der Waals surface area contributed by atoms with Crippen LogP contribution >= 0.6 is 11.8 Å². The van der Waals surface area contributed by atoms with E-state index in [0.717, 1.165) is 0 Å². The van der Waals surface area contributed by atoms with Gasteiger partial charge in [-0.1, -0.05) is 219 Å². The third-order valence-electron chi connectivity index (χ3n) is 6.11. The molecule has 6 aromatic rings. The Morgan fingerprint density at radius 1 is 0.255 bits per heavy atom. The van der Waals surface area contributed by atoms with Crippen LogP contribution in [0.1, 0.15) is 97.9 Å². The van der Waals surface area contributed by atoms with Crippen LogP contribution in [0.2, 0.25) is 0 Å². The average molecular weight is 801 g/mol. The van der Waals surface area contributed by atoms with Crippen LogP contribution in [-0.2, 0) is 21.8 Å². The van der Waals surface area contributed by atoms with Crippen molar-refractivity contribution in [2.75, 3.05) is 12.5 Å². The van der Waals surface area contributed by atoms with Crippen LogP contribution in [0.5, 0.6) is 0 Å². The van der Waals surface area contributed by atoms with Crippen molar-refractivity contribution < 1.29 is 0 Å². The molecule has 304 valence electrons. The fourth-order valence-electron chi connectivity index (χ4n) is 3.88. The summed E-state index contributed by atoms with van der Waals surface area (Å²) in [5.74, 6) is 0. The smallest absolute Gasteiger partial charge is 0.0901 e. The van der Waals surface area contributed by atoms with Gasteiger partial charge in [-0.05, 0) is 72.8 Å². The van der Waals surface area contributed by atoms with Gasteiger partial charge in [0.1, 0.15) is 12.5 Å². The summed E-state index contributed by atoms with van der Waals surface area (Å²) in [4.78, 5) is 8.18. The van der Waals surface area contributed by atoms with Gasteiger partial charge in [0.15, 0.2) is 19.6 Å². The van der Waals surface area contributed by atoms with Gasteiger partial charge in [-0.3, -0.25) is 0 Å². The van der Waals surface area contributed by atoms with Crippen LogP contribution in [0.25, 0.3) is 0 Å². The summed E-state index contributed by atoms with van der Waals surface area (Å²) in [5, 5.41) is 0. The Morgan fingerprint density at radius 3 is 0.564 bits per heavy atom. The molecule has 0 aromatic heterocycles. The van der Waals surface area contributed by atoms with Crippen LogP contribution in [0.15, 0.2) is 211 Å². The molecule has 0 bridgehead atoms. The predicted octanol–water partition coefficient (Wildman–Crippen LogP) is 18.0. The lowest BCUT2D eigenvalue weighted by Gasteiger charge is -2.00. The Bertz CT molecular complexity index is 1300. The van der Waals surface area contributed by atoms with E-state index in [-0.39, 0.29) is 36.6 Å². The van der Waals surface area contributed by atoms with Crippen LogP contribution < -0.4 is 0 Å². The molecular formula is C52H80S3+2. The minimum Gasteiger partial charge on any atom is -0.0901 e. The minimum atomic E-state index is 0. The number of hydrogen-bond donors (Lipinski definition) is 0. The topological polar surface area (TPSA) is 0 Å². The first-order valence-corrected chi connectivity index (χ1v) is 23.6. The van der Waals surface area contributed by atoms with Gasteiger partial charge in [0.2, 0.25) is 0 Å². The monoisotopic (exact) mass is 801 g/mol. The molecule has 0 saturated carbocycles. The minimum absolute atomic E-state index is 0. The van der Waals surface area contributed by atoms with Crippen molar-refractivity contribution in [3.05, 3.63) is 182 Å². The molecule has 0 unspecified atom stereocenters. The molecule has 3 heteroatoms. The molecule has 0 saturated heterocycles. The van der Waals surface area contributed by atoms with E-state index in [1.165, 1.54) is 29.4 Å². The third-order valence-corrected chi connectivity index (χ3v) is 11.0. The highest BCUT2D eigenvalue weighted by molar-refractivity contribution is 7.99. The molecule has 55 heavy (non-hydrogen) atoms. The van der Waals surface area contributed by atoms with Crippen molar-refractivity contribution in [3.8, 4) is 0 Å². The highest BCUT2D eigenvalue weighted by Gasteiger charge is 2.18. The van der Waals surface area contributed by atoms with E-state index in [1.807, 2.05) is 95.2 Å². The van der Waals surface area contributed by atoms with Crippen molar-refractivity contribution >= 4 is 33.6 Å². The number of hydrogen-bond acceptors (Lipinski definition) is 1. The van der Waals surface area contributed by atoms with Gasteiger partial charge < -0.3 is 0 Å². The standard InChI is InChI=1S/2C13H13S.C12H10S.6C2H6.2CH4/c2*1-14(12-8-4-2-5-9-12)13-10-6-3-7-11-13;1-3-7-11(8-4-1)13-12-9-5-2-6-10-12;6*1-2;;/h2*2-11H,1H3;1-10H;6*1-2H3;2*1H4/q2*+1;;;;;;;;;. The van der Waals surface area contributed by atoms with Crippen molar-refractivity contribution in [2.24, 2.45) is 0 Å². The third kappa shape index (κ3) is 28.4. The SMILES string of the molecule is C.C.CC.CC.CC.CC.CC.CC.C[S+](c1ccccc1)c1ccccc1.C[S+](c1ccccc1)c1ccccc1.c1ccc(Sc2ccccc2)cc1. The van der Waals surface area contributed by atoms with E-state index in [9.17, 15) is 0 Å². The molecule has 0 spiro atoms. The van der Waals surface area contributed by atoms with Gasteiger partial charge in [-0.15, -0.1) is 0 Å². The summed E-state index contributed by atoms with van der Waals surface area (Å²) in [5.41, 5.74) is 0. The predicted molar refractivity (Wildman–Crippen MR) is 264 cm³/mol. The van der Waals surface area contributed by atoms with Crippen molar-refractivity contribution in [2.45, 2.75) is 127 Å². The molecule has 0 heterocycles. The van der Waals surface area contributed by atoms with Gasteiger partial charge in [-0.2, -0.15) is 0 Å². The van der Waals surface area contributed by atoms with E-state index in [4.69, 9.17) is 0 Å². The Hall–Kier alpha value is -3.63. The van der Waals surface area contributed by atoms with Gasteiger partial charge in [0.05, 0.1) is 21.8 Å². The normalized spacial score (nSPS) is 8.29. The van der Waals surface area contributed by atoms with Gasteiger partial charge >= 0.3 is 0 Å². The molecule has 0 aliphatic heterocycles. The van der Waals surface area contributed by atoms with E-state index >= 15 is 0 Å². The Balaban J connectivity index is -0.000000196. The molecule has 0 aliphatic carbocycles. The molecule has 0 atom stereocenters. The lowest BCUT2D eigenvalue weighted by atomic mass is 10.4. The molecule has 0 N–H and O–H groups in total. The molecule has 6 aromatic carbocycles. The highest BCUT2D eigenvalue weighted by atomic mass is 32.2. The summed E-state index contributed by atoms with van der Waals surface area (Å²) < 4.78 is 0.